The smallest absolute Gasteiger partial charge is 0.123 e. The summed E-state index contributed by atoms with van der Waals surface area (Å²) in [4.78, 5) is 2.43. The lowest BCUT2D eigenvalue weighted by molar-refractivity contribution is 1.09. The Kier molecular flexibility index (Phi) is 4.55. The SMILES string of the molecule is c1ccc(-c2ccc(N3c4cc5ccccc5cc4-c4ccccc4-n4c3cc3ccccc34)cc2)cc1. The molecule has 0 unspecified atom stereocenters. The molecule has 1 aliphatic rings. The zero-order valence-corrected chi connectivity index (χ0v) is 20.8. The van der Waals surface area contributed by atoms with E-state index in [9.17, 15) is 0 Å². The van der Waals surface area contributed by atoms with Crippen LogP contribution in [-0.2, 0) is 0 Å². The maximum Gasteiger partial charge on any atom is 0.123 e. The molecular formula is C36H24N2. The van der Waals surface area contributed by atoms with Gasteiger partial charge in [-0.1, -0.05) is 103 Å². The number of nitrogens with zero attached hydrogens (tertiary/aromatic N) is 2. The summed E-state index contributed by atoms with van der Waals surface area (Å²) in [6, 6.07) is 52.7. The van der Waals surface area contributed by atoms with Crippen LogP contribution < -0.4 is 4.90 Å². The minimum absolute atomic E-state index is 1.14. The third-order valence-electron chi connectivity index (χ3n) is 7.69. The van der Waals surface area contributed by atoms with E-state index >= 15 is 0 Å². The van der Waals surface area contributed by atoms with Crippen LogP contribution in [0.15, 0.2) is 146 Å². The van der Waals surface area contributed by atoms with Gasteiger partial charge >= 0.3 is 0 Å². The largest absolute Gasteiger partial charge is 0.295 e. The van der Waals surface area contributed by atoms with Gasteiger partial charge in [-0.3, -0.25) is 9.47 Å². The summed E-state index contributed by atoms with van der Waals surface area (Å²) < 4.78 is 2.42. The monoisotopic (exact) mass is 484 g/mol. The quantitative estimate of drug-likeness (QED) is 0.237. The number of hydrogen-bond donors (Lipinski definition) is 0. The highest BCUT2D eigenvalue weighted by Crippen LogP contribution is 2.49. The van der Waals surface area contributed by atoms with Crippen molar-refractivity contribution in [2.24, 2.45) is 0 Å². The number of rotatable bonds is 2. The maximum atomic E-state index is 2.43. The molecule has 2 heterocycles. The predicted molar refractivity (Wildman–Crippen MR) is 160 cm³/mol. The lowest BCUT2D eigenvalue weighted by Gasteiger charge is -2.26. The first-order valence-corrected chi connectivity index (χ1v) is 13.0. The first-order valence-electron chi connectivity index (χ1n) is 13.0. The molecule has 0 saturated heterocycles. The first kappa shape index (κ1) is 21.0. The van der Waals surface area contributed by atoms with E-state index in [4.69, 9.17) is 0 Å². The second-order valence-electron chi connectivity index (χ2n) is 9.88. The molecule has 0 saturated carbocycles. The average molecular weight is 485 g/mol. The summed E-state index contributed by atoms with van der Waals surface area (Å²) in [5, 5.41) is 3.71. The van der Waals surface area contributed by atoms with Gasteiger partial charge in [0, 0.05) is 22.2 Å². The Morgan fingerprint density at radius 3 is 1.84 bits per heavy atom. The van der Waals surface area contributed by atoms with Crippen LogP contribution in [0.2, 0.25) is 0 Å². The molecule has 178 valence electrons. The number of anilines is 3. The van der Waals surface area contributed by atoms with E-state index in [2.05, 4.69) is 155 Å². The predicted octanol–water partition coefficient (Wildman–Crippen LogP) is 9.90. The van der Waals surface area contributed by atoms with Crippen molar-refractivity contribution in [1.82, 2.24) is 4.57 Å². The number of benzene rings is 6. The first-order chi connectivity index (χ1) is 18.8. The Morgan fingerprint density at radius 1 is 0.395 bits per heavy atom. The second kappa shape index (κ2) is 8.22. The highest BCUT2D eigenvalue weighted by molar-refractivity contribution is 6.03. The van der Waals surface area contributed by atoms with E-state index in [0.29, 0.717) is 0 Å². The lowest BCUT2D eigenvalue weighted by Crippen LogP contribution is -2.12. The van der Waals surface area contributed by atoms with Crippen molar-refractivity contribution in [3.8, 4) is 27.9 Å². The van der Waals surface area contributed by atoms with Gasteiger partial charge in [0.15, 0.2) is 0 Å². The molecule has 0 spiro atoms. The van der Waals surface area contributed by atoms with E-state index in [1.54, 1.807) is 0 Å². The van der Waals surface area contributed by atoms with E-state index in [1.807, 2.05) is 0 Å². The summed E-state index contributed by atoms with van der Waals surface area (Å²) in [6.07, 6.45) is 0. The van der Waals surface area contributed by atoms with Gasteiger partial charge in [0.05, 0.1) is 16.9 Å². The molecule has 7 aromatic rings. The summed E-state index contributed by atoms with van der Waals surface area (Å²) in [5.41, 5.74) is 9.64. The van der Waals surface area contributed by atoms with Crippen LogP contribution in [0.4, 0.5) is 17.2 Å². The van der Waals surface area contributed by atoms with Crippen molar-refractivity contribution in [3.05, 3.63) is 146 Å². The van der Waals surface area contributed by atoms with Crippen molar-refractivity contribution in [2.75, 3.05) is 4.90 Å². The van der Waals surface area contributed by atoms with Crippen LogP contribution in [-0.4, -0.2) is 4.57 Å². The van der Waals surface area contributed by atoms with Crippen LogP contribution in [0.3, 0.4) is 0 Å². The third-order valence-corrected chi connectivity index (χ3v) is 7.69. The van der Waals surface area contributed by atoms with Crippen molar-refractivity contribution >= 4 is 38.9 Å². The van der Waals surface area contributed by atoms with Crippen LogP contribution in [0.5, 0.6) is 0 Å². The second-order valence-corrected chi connectivity index (χ2v) is 9.88. The zero-order chi connectivity index (χ0) is 25.1. The minimum atomic E-state index is 1.14. The summed E-state index contributed by atoms with van der Waals surface area (Å²) in [6.45, 7) is 0. The fourth-order valence-electron chi connectivity index (χ4n) is 5.91. The van der Waals surface area contributed by atoms with Crippen LogP contribution in [0, 0.1) is 0 Å². The Balaban J connectivity index is 1.45. The Labute approximate surface area is 221 Å². The fourth-order valence-corrected chi connectivity index (χ4v) is 5.91. The number of aromatic nitrogens is 1. The molecule has 8 rings (SSSR count). The molecule has 0 atom stereocenters. The molecule has 1 aliphatic heterocycles. The van der Waals surface area contributed by atoms with E-state index in [0.717, 1.165) is 11.5 Å². The molecule has 38 heavy (non-hydrogen) atoms. The van der Waals surface area contributed by atoms with Crippen molar-refractivity contribution < 1.29 is 0 Å². The Bertz CT molecular complexity index is 1960. The van der Waals surface area contributed by atoms with Gasteiger partial charge in [0.2, 0.25) is 0 Å². The number of fused-ring (bicyclic) bond motifs is 8. The van der Waals surface area contributed by atoms with E-state index in [1.165, 1.54) is 55.3 Å². The van der Waals surface area contributed by atoms with Crippen molar-refractivity contribution in [3.63, 3.8) is 0 Å². The van der Waals surface area contributed by atoms with Gasteiger partial charge in [-0.2, -0.15) is 0 Å². The Morgan fingerprint density at radius 2 is 1.03 bits per heavy atom. The molecule has 1 aromatic heterocycles. The van der Waals surface area contributed by atoms with Gasteiger partial charge in [-0.25, -0.2) is 0 Å². The molecule has 0 radical (unpaired) electrons. The molecule has 2 nitrogen and oxygen atoms in total. The zero-order valence-electron chi connectivity index (χ0n) is 20.8. The van der Waals surface area contributed by atoms with E-state index in [-0.39, 0.29) is 0 Å². The standard InChI is InChI=1S/C36H24N2/c1-2-10-25(11-3-1)26-18-20-30(21-19-26)37-35-23-28-13-5-4-12-27(28)22-32(35)31-15-7-9-17-34(31)38-33-16-8-6-14-29(33)24-36(37)38/h1-24H. The molecule has 0 fully saturated rings. The fraction of sp³-hybridized carbons (Fsp3) is 0. The van der Waals surface area contributed by atoms with Gasteiger partial charge in [-0.15, -0.1) is 0 Å². The average Bonchev–Trinajstić information content (AvgIpc) is 3.31. The number of hydrogen-bond acceptors (Lipinski definition) is 1. The van der Waals surface area contributed by atoms with Gasteiger partial charge in [0.25, 0.3) is 0 Å². The van der Waals surface area contributed by atoms with E-state index < -0.39 is 0 Å². The van der Waals surface area contributed by atoms with Crippen molar-refractivity contribution in [1.29, 1.82) is 0 Å². The van der Waals surface area contributed by atoms with Crippen LogP contribution in [0.25, 0.3) is 49.6 Å². The minimum Gasteiger partial charge on any atom is -0.295 e. The third kappa shape index (κ3) is 3.14. The molecule has 0 amide bonds. The molecule has 0 bridgehead atoms. The Hall–Kier alpha value is -5.08. The highest BCUT2D eigenvalue weighted by Gasteiger charge is 2.28. The van der Waals surface area contributed by atoms with Crippen LogP contribution >= 0.6 is 0 Å². The summed E-state index contributed by atoms with van der Waals surface area (Å²) in [7, 11) is 0. The summed E-state index contributed by atoms with van der Waals surface area (Å²) in [5.74, 6) is 1.14. The van der Waals surface area contributed by atoms with Gasteiger partial charge in [-0.05, 0) is 64.4 Å². The van der Waals surface area contributed by atoms with Crippen LogP contribution in [0.1, 0.15) is 0 Å². The molecule has 0 N–H and O–H groups in total. The number of para-hydroxylation sites is 2. The normalized spacial score (nSPS) is 12.2. The molecule has 0 aliphatic carbocycles. The molecule has 2 heteroatoms. The molecular weight excluding hydrogens is 460 g/mol. The summed E-state index contributed by atoms with van der Waals surface area (Å²) >= 11 is 0. The van der Waals surface area contributed by atoms with Gasteiger partial charge in [0.1, 0.15) is 5.82 Å². The molecule has 6 aromatic carbocycles. The maximum absolute atomic E-state index is 2.43. The highest BCUT2D eigenvalue weighted by atomic mass is 15.3. The topological polar surface area (TPSA) is 8.17 Å². The van der Waals surface area contributed by atoms with Crippen molar-refractivity contribution in [2.45, 2.75) is 0 Å². The van der Waals surface area contributed by atoms with Gasteiger partial charge < -0.3 is 0 Å². The lowest BCUT2D eigenvalue weighted by atomic mass is 9.97.